The monoisotopic (exact) mass is 818 g/mol. The summed E-state index contributed by atoms with van der Waals surface area (Å²) in [6, 6.07) is -0.413. The molecule has 4 aliphatic heterocycles. The van der Waals surface area contributed by atoms with Crippen LogP contribution >= 0.6 is 0 Å². The van der Waals surface area contributed by atoms with E-state index in [1.165, 1.54) is 14.0 Å². The molecule has 4 aliphatic rings. The van der Waals surface area contributed by atoms with E-state index in [4.69, 9.17) is 42.6 Å². The lowest BCUT2D eigenvalue weighted by atomic mass is 9.77. The van der Waals surface area contributed by atoms with Crippen molar-refractivity contribution in [2.75, 3.05) is 55.5 Å². The number of ether oxygens (including phenoxy) is 9. The summed E-state index contributed by atoms with van der Waals surface area (Å²) in [5.74, 6) is -2.76. The van der Waals surface area contributed by atoms with E-state index in [0.717, 1.165) is 0 Å². The van der Waals surface area contributed by atoms with Crippen LogP contribution in [0.5, 0.6) is 0 Å². The Morgan fingerprint density at radius 3 is 2.16 bits per heavy atom. The third-order valence-electron chi connectivity index (χ3n) is 12.7. The van der Waals surface area contributed by atoms with E-state index in [9.17, 15) is 19.8 Å². The Balaban J connectivity index is 1.82. The number of carbonyl (C=O) groups excluding carboxylic acids is 2. The Kier molecular flexibility index (Phi) is 16.1. The minimum Gasteiger partial charge on any atom is -0.462 e. The topological polar surface area (TPSA) is 167 Å². The lowest BCUT2D eigenvalue weighted by Gasteiger charge is -2.49. The van der Waals surface area contributed by atoms with Crippen molar-refractivity contribution >= 4 is 11.9 Å². The van der Waals surface area contributed by atoms with Crippen LogP contribution in [0, 0.1) is 17.8 Å². The van der Waals surface area contributed by atoms with Crippen LogP contribution in [0.15, 0.2) is 0 Å². The predicted octanol–water partition coefficient (Wildman–Crippen LogP) is 2.60. The summed E-state index contributed by atoms with van der Waals surface area (Å²) in [6.45, 7) is 18.7. The molecule has 2 N–H and O–H groups in total. The number of likely N-dealkylation sites (N-methyl/N-ethyl adjacent to an activating group) is 2. The standard InChI is InChI=1S/C41H75N3O13/c1-22-18-39(8,48)34(55-37-32(53-28(7)45)29(42(11)12)17-23(2)51-37)24(3)31(54-30-19-40(9,49-16)33(46)27(6)52-30)25(4)36(47)50-21-41(10)35(26(5)44(15)20-22)56-38(57-41)43(13)14/h22-27,29-35,37-38,46,48H,17-21H2,1-16H3/t22-,23-,24+,25-,26-,27+,29+,30+,31+,32-,33+,34-,35+,37+,38?,39-,40-,41-/m1/s1. The van der Waals surface area contributed by atoms with Gasteiger partial charge in [-0.05, 0) is 102 Å². The summed E-state index contributed by atoms with van der Waals surface area (Å²) in [4.78, 5) is 32.9. The van der Waals surface area contributed by atoms with Crippen molar-refractivity contribution in [1.82, 2.24) is 14.7 Å². The fourth-order valence-electron chi connectivity index (χ4n) is 9.39. The lowest BCUT2D eigenvalue weighted by Crippen LogP contribution is -2.61. The molecule has 0 amide bonds. The summed E-state index contributed by atoms with van der Waals surface area (Å²) in [5, 5.41) is 23.8. The van der Waals surface area contributed by atoms with Gasteiger partial charge in [0.25, 0.3) is 0 Å². The summed E-state index contributed by atoms with van der Waals surface area (Å²) in [5.41, 5.74) is -3.55. The molecule has 0 aromatic carbocycles. The zero-order chi connectivity index (χ0) is 42.9. The van der Waals surface area contributed by atoms with Crippen LogP contribution in [0.3, 0.4) is 0 Å². The summed E-state index contributed by atoms with van der Waals surface area (Å²) in [6.07, 6.45) is -6.76. The predicted molar refractivity (Wildman–Crippen MR) is 210 cm³/mol. The van der Waals surface area contributed by atoms with Gasteiger partial charge in [0.1, 0.15) is 24.4 Å². The molecule has 4 fully saturated rings. The number of hydrogen-bond donors (Lipinski definition) is 2. The first kappa shape index (κ1) is 48.1. The smallest absolute Gasteiger partial charge is 0.311 e. The number of methoxy groups -OCH3 is 1. The van der Waals surface area contributed by atoms with E-state index in [1.807, 2.05) is 65.8 Å². The molecule has 57 heavy (non-hydrogen) atoms. The molecule has 0 aromatic rings. The molecular weight excluding hydrogens is 742 g/mol. The Morgan fingerprint density at radius 2 is 1.58 bits per heavy atom. The third kappa shape index (κ3) is 11.1. The summed E-state index contributed by atoms with van der Waals surface area (Å²) >= 11 is 0. The largest absolute Gasteiger partial charge is 0.462 e. The van der Waals surface area contributed by atoms with Gasteiger partial charge in [0.05, 0.1) is 47.6 Å². The van der Waals surface area contributed by atoms with Crippen LogP contribution in [0.1, 0.15) is 88.5 Å². The van der Waals surface area contributed by atoms with Crippen LogP contribution in [-0.4, -0.2) is 183 Å². The van der Waals surface area contributed by atoms with E-state index in [2.05, 4.69) is 18.7 Å². The van der Waals surface area contributed by atoms with Gasteiger partial charge in [0.15, 0.2) is 18.7 Å². The number of hydrogen-bond acceptors (Lipinski definition) is 16. The molecule has 0 aromatic heterocycles. The molecule has 0 radical (unpaired) electrons. The molecule has 332 valence electrons. The van der Waals surface area contributed by atoms with Crippen LogP contribution in [-0.2, 0) is 52.2 Å². The first-order valence-corrected chi connectivity index (χ1v) is 20.6. The van der Waals surface area contributed by atoms with Crippen LogP contribution in [0.25, 0.3) is 0 Å². The molecule has 4 saturated heterocycles. The van der Waals surface area contributed by atoms with Gasteiger partial charge >= 0.3 is 11.9 Å². The number of aliphatic hydroxyl groups excluding tert-OH is 1. The second kappa shape index (κ2) is 19.0. The maximum atomic E-state index is 14.4. The molecule has 4 heterocycles. The van der Waals surface area contributed by atoms with Crippen LogP contribution < -0.4 is 0 Å². The fraction of sp³-hybridized carbons (Fsp3) is 0.951. The lowest BCUT2D eigenvalue weighted by molar-refractivity contribution is -0.318. The minimum absolute atomic E-state index is 0.0693. The van der Waals surface area contributed by atoms with Crippen molar-refractivity contribution in [2.45, 2.75) is 179 Å². The van der Waals surface area contributed by atoms with Crippen molar-refractivity contribution < 1.29 is 62.4 Å². The molecule has 0 aliphatic carbocycles. The van der Waals surface area contributed by atoms with Gasteiger partial charge < -0.3 is 62.6 Å². The van der Waals surface area contributed by atoms with Crippen molar-refractivity contribution in [2.24, 2.45) is 17.8 Å². The number of esters is 2. The van der Waals surface area contributed by atoms with E-state index in [0.29, 0.717) is 13.0 Å². The molecule has 16 heteroatoms. The van der Waals surface area contributed by atoms with E-state index in [-0.39, 0.29) is 43.6 Å². The highest BCUT2D eigenvalue weighted by Crippen LogP contribution is 2.41. The maximum absolute atomic E-state index is 14.4. The van der Waals surface area contributed by atoms with Gasteiger partial charge in [-0.2, -0.15) is 0 Å². The van der Waals surface area contributed by atoms with Gasteiger partial charge in [0, 0.05) is 39.0 Å². The Bertz CT molecular complexity index is 1340. The second-order valence-electron chi connectivity index (χ2n) is 18.6. The zero-order valence-corrected chi connectivity index (χ0v) is 37.4. The molecule has 0 bridgehead atoms. The van der Waals surface area contributed by atoms with Crippen molar-refractivity contribution in [3.05, 3.63) is 0 Å². The highest BCUT2D eigenvalue weighted by molar-refractivity contribution is 5.73. The van der Waals surface area contributed by atoms with Gasteiger partial charge in [-0.3, -0.25) is 14.5 Å². The maximum Gasteiger partial charge on any atom is 0.311 e. The van der Waals surface area contributed by atoms with Crippen molar-refractivity contribution in [1.29, 1.82) is 0 Å². The second-order valence-corrected chi connectivity index (χ2v) is 18.6. The van der Waals surface area contributed by atoms with E-state index in [1.54, 1.807) is 27.7 Å². The highest BCUT2D eigenvalue weighted by atomic mass is 16.8. The Labute approximate surface area is 341 Å². The average molecular weight is 818 g/mol. The number of aliphatic hydroxyl groups is 2. The van der Waals surface area contributed by atoms with Crippen LogP contribution in [0.2, 0.25) is 0 Å². The third-order valence-corrected chi connectivity index (χ3v) is 12.7. The van der Waals surface area contributed by atoms with Gasteiger partial charge in [-0.15, -0.1) is 0 Å². The molecule has 4 rings (SSSR count). The van der Waals surface area contributed by atoms with Gasteiger partial charge in [-0.25, -0.2) is 0 Å². The number of rotatable bonds is 8. The molecular formula is C41H75N3O13. The summed E-state index contributed by atoms with van der Waals surface area (Å²) in [7, 11) is 11.1. The molecule has 18 atom stereocenters. The fourth-order valence-corrected chi connectivity index (χ4v) is 9.39. The van der Waals surface area contributed by atoms with Crippen molar-refractivity contribution in [3.63, 3.8) is 0 Å². The highest BCUT2D eigenvalue weighted by Gasteiger charge is 2.54. The molecule has 0 spiro atoms. The van der Waals surface area contributed by atoms with Crippen LogP contribution in [0.4, 0.5) is 0 Å². The van der Waals surface area contributed by atoms with E-state index >= 15 is 0 Å². The Morgan fingerprint density at radius 1 is 0.930 bits per heavy atom. The van der Waals surface area contributed by atoms with E-state index < -0.39 is 96.2 Å². The molecule has 0 saturated carbocycles. The molecule has 16 nitrogen and oxygen atoms in total. The zero-order valence-electron chi connectivity index (χ0n) is 37.4. The average Bonchev–Trinajstić information content (AvgIpc) is 3.47. The SMILES string of the molecule is CO[C@]1(C)C[C@H](O[C@H]2[C@H](C)[C@@H](O[C@@H]3O[C@H](C)C[C@H](N(C)C)[C@H]3OC(C)=O)[C@](C)(O)C[C@@H](C)CN(C)[C@H](C)[C@@H]3OC(N(C)C)O[C@]3(C)COC(=O)[C@@H]2C)O[C@@H](C)[C@@H]1O. The minimum atomic E-state index is -1.54. The quantitative estimate of drug-likeness (QED) is 0.343. The van der Waals surface area contributed by atoms with Crippen molar-refractivity contribution in [3.8, 4) is 0 Å². The Hall–Kier alpha value is -1.54. The number of carbonyl (C=O) groups is 2. The first-order valence-electron chi connectivity index (χ1n) is 20.6. The first-order chi connectivity index (χ1) is 26.3. The molecule has 1 unspecified atom stereocenters. The van der Waals surface area contributed by atoms with Gasteiger partial charge in [0.2, 0.25) is 6.41 Å². The number of cyclic esters (lactones) is 1. The summed E-state index contributed by atoms with van der Waals surface area (Å²) < 4.78 is 57.2. The normalized spacial score (nSPS) is 47.2. The number of nitrogens with zero attached hydrogens (tertiary/aromatic N) is 3. The number of fused-ring (bicyclic) bond motifs is 1. The van der Waals surface area contributed by atoms with Gasteiger partial charge in [-0.1, -0.05) is 13.8 Å².